The molecule has 21 heavy (non-hydrogen) atoms. The number of hydrogen-bond donors (Lipinski definition) is 1. The SMILES string of the molecule is OCc1cc2ccccc2c(Oc2cc(F)cc(F)c2)n1. The van der Waals surface area contributed by atoms with Crippen LogP contribution in [0.1, 0.15) is 5.69 Å². The van der Waals surface area contributed by atoms with E-state index in [1.807, 2.05) is 18.2 Å². The van der Waals surface area contributed by atoms with E-state index in [4.69, 9.17) is 4.74 Å². The number of fused-ring (bicyclic) bond motifs is 1. The lowest BCUT2D eigenvalue weighted by Crippen LogP contribution is -1.96. The Morgan fingerprint density at radius 3 is 2.43 bits per heavy atom. The maximum absolute atomic E-state index is 13.2. The quantitative estimate of drug-likeness (QED) is 0.796. The fraction of sp³-hybridized carbons (Fsp3) is 0.0625. The lowest BCUT2D eigenvalue weighted by atomic mass is 10.1. The van der Waals surface area contributed by atoms with Crippen LogP contribution in [0.25, 0.3) is 10.8 Å². The predicted molar refractivity (Wildman–Crippen MR) is 74.1 cm³/mol. The standard InChI is InChI=1S/C16H11F2NO2/c17-11-6-12(18)8-14(7-11)21-16-15-4-2-1-3-10(15)5-13(9-20)19-16/h1-8,20H,9H2. The van der Waals surface area contributed by atoms with Crippen LogP contribution in [0.2, 0.25) is 0 Å². The zero-order chi connectivity index (χ0) is 14.8. The molecule has 1 heterocycles. The van der Waals surface area contributed by atoms with Gasteiger partial charge in [-0.1, -0.05) is 18.2 Å². The number of aromatic nitrogens is 1. The van der Waals surface area contributed by atoms with Crippen LogP contribution in [-0.2, 0) is 6.61 Å². The monoisotopic (exact) mass is 287 g/mol. The van der Waals surface area contributed by atoms with Crippen molar-refractivity contribution in [3.8, 4) is 11.6 Å². The van der Waals surface area contributed by atoms with Gasteiger partial charge in [0, 0.05) is 23.6 Å². The molecule has 0 amide bonds. The van der Waals surface area contributed by atoms with Gasteiger partial charge >= 0.3 is 0 Å². The van der Waals surface area contributed by atoms with Crippen molar-refractivity contribution in [1.82, 2.24) is 4.98 Å². The zero-order valence-corrected chi connectivity index (χ0v) is 10.9. The van der Waals surface area contributed by atoms with Crippen LogP contribution in [0.3, 0.4) is 0 Å². The van der Waals surface area contributed by atoms with Crippen molar-refractivity contribution in [3.63, 3.8) is 0 Å². The molecule has 0 spiro atoms. The van der Waals surface area contributed by atoms with Crippen LogP contribution < -0.4 is 4.74 Å². The molecule has 3 aromatic rings. The van der Waals surface area contributed by atoms with Crippen molar-refractivity contribution in [2.75, 3.05) is 0 Å². The molecule has 5 heteroatoms. The van der Waals surface area contributed by atoms with E-state index >= 15 is 0 Å². The van der Waals surface area contributed by atoms with Gasteiger partial charge in [0.2, 0.25) is 5.88 Å². The van der Waals surface area contributed by atoms with Gasteiger partial charge in [-0.05, 0) is 17.5 Å². The second-order valence-electron chi connectivity index (χ2n) is 4.51. The molecule has 3 rings (SSSR count). The average molecular weight is 287 g/mol. The molecule has 0 saturated heterocycles. The lowest BCUT2D eigenvalue weighted by Gasteiger charge is -2.10. The average Bonchev–Trinajstić information content (AvgIpc) is 2.46. The first-order valence-corrected chi connectivity index (χ1v) is 6.29. The van der Waals surface area contributed by atoms with Gasteiger partial charge in [0.25, 0.3) is 0 Å². The van der Waals surface area contributed by atoms with Gasteiger partial charge in [-0.2, -0.15) is 0 Å². The lowest BCUT2D eigenvalue weighted by molar-refractivity contribution is 0.275. The normalized spacial score (nSPS) is 10.8. The van der Waals surface area contributed by atoms with E-state index < -0.39 is 11.6 Å². The minimum atomic E-state index is -0.729. The third-order valence-electron chi connectivity index (χ3n) is 2.97. The Morgan fingerprint density at radius 2 is 1.71 bits per heavy atom. The Morgan fingerprint density at radius 1 is 1.00 bits per heavy atom. The predicted octanol–water partition coefficient (Wildman–Crippen LogP) is 3.80. The summed E-state index contributed by atoms with van der Waals surface area (Å²) in [6, 6.07) is 11.9. The molecule has 1 aromatic heterocycles. The zero-order valence-electron chi connectivity index (χ0n) is 10.9. The smallest absolute Gasteiger partial charge is 0.227 e. The molecule has 106 valence electrons. The number of ether oxygens (including phenoxy) is 1. The Hall–Kier alpha value is -2.53. The summed E-state index contributed by atoms with van der Waals surface area (Å²) in [5.74, 6) is -1.25. The highest BCUT2D eigenvalue weighted by Crippen LogP contribution is 2.29. The third kappa shape index (κ3) is 2.83. The fourth-order valence-electron chi connectivity index (χ4n) is 2.08. The summed E-state index contributed by atoms with van der Waals surface area (Å²) in [6.07, 6.45) is 0. The van der Waals surface area contributed by atoms with Crippen molar-refractivity contribution in [3.05, 3.63) is 65.9 Å². The molecule has 0 aliphatic heterocycles. The van der Waals surface area contributed by atoms with Crippen LogP contribution in [-0.4, -0.2) is 10.1 Å². The summed E-state index contributed by atoms with van der Waals surface area (Å²) in [5, 5.41) is 10.8. The van der Waals surface area contributed by atoms with Crippen LogP contribution in [0.4, 0.5) is 8.78 Å². The van der Waals surface area contributed by atoms with E-state index in [0.717, 1.165) is 23.6 Å². The highest BCUT2D eigenvalue weighted by Gasteiger charge is 2.09. The number of aliphatic hydroxyl groups excluding tert-OH is 1. The number of nitrogens with zero attached hydrogens (tertiary/aromatic N) is 1. The minimum Gasteiger partial charge on any atom is -0.438 e. The van der Waals surface area contributed by atoms with E-state index in [9.17, 15) is 13.9 Å². The van der Waals surface area contributed by atoms with Gasteiger partial charge in [-0.3, -0.25) is 0 Å². The van der Waals surface area contributed by atoms with Gasteiger partial charge < -0.3 is 9.84 Å². The largest absolute Gasteiger partial charge is 0.438 e. The van der Waals surface area contributed by atoms with Crippen LogP contribution >= 0.6 is 0 Å². The van der Waals surface area contributed by atoms with E-state index in [2.05, 4.69) is 4.98 Å². The van der Waals surface area contributed by atoms with Gasteiger partial charge in [0.15, 0.2) is 0 Å². The summed E-state index contributed by atoms with van der Waals surface area (Å²) in [4.78, 5) is 4.16. The number of aliphatic hydroxyl groups is 1. The Balaban J connectivity index is 2.10. The Labute approximate surface area is 119 Å². The van der Waals surface area contributed by atoms with Crippen molar-refractivity contribution in [2.24, 2.45) is 0 Å². The molecular formula is C16H11F2NO2. The molecule has 1 N–H and O–H groups in total. The Kier molecular flexibility index (Phi) is 3.50. The van der Waals surface area contributed by atoms with E-state index in [1.54, 1.807) is 12.1 Å². The van der Waals surface area contributed by atoms with Crippen LogP contribution in [0, 0.1) is 11.6 Å². The molecule has 2 aromatic carbocycles. The maximum atomic E-state index is 13.2. The summed E-state index contributed by atoms with van der Waals surface area (Å²) in [6.45, 7) is -0.251. The van der Waals surface area contributed by atoms with Crippen molar-refractivity contribution in [1.29, 1.82) is 0 Å². The molecule has 0 unspecified atom stereocenters. The third-order valence-corrected chi connectivity index (χ3v) is 2.97. The molecule has 0 radical (unpaired) electrons. The molecule has 0 aliphatic rings. The number of benzene rings is 2. The molecule has 0 fully saturated rings. The van der Waals surface area contributed by atoms with Gasteiger partial charge in [0.05, 0.1) is 12.3 Å². The second-order valence-corrected chi connectivity index (χ2v) is 4.51. The molecule has 3 nitrogen and oxygen atoms in total. The van der Waals surface area contributed by atoms with Gasteiger partial charge in [-0.15, -0.1) is 0 Å². The second kappa shape index (κ2) is 5.46. The van der Waals surface area contributed by atoms with Crippen molar-refractivity contribution < 1.29 is 18.6 Å². The number of rotatable bonds is 3. The van der Waals surface area contributed by atoms with E-state index in [1.165, 1.54) is 0 Å². The summed E-state index contributed by atoms with van der Waals surface area (Å²) >= 11 is 0. The number of halogens is 2. The summed E-state index contributed by atoms with van der Waals surface area (Å²) < 4.78 is 31.9. The molecular weight excluding hydrogens is 276 g/mol. The highest BCUT2D eigenvalue weighted by atomic mass is 19.1. The highest BCUT2D eigenvalue weighted by molar-refractivity contribution is 5.87. The molecule has 0 atom stereocenters. The fourth-order valence-corrected chi connectivity index (χ4v) is 2.08. The maximum Gasteiger partial charge on any atom is 0.227 e. The van der Waals surface area contributed by atoms with E-state index in [0.29, 0.717) is 11.1 Å². The molecule has 0 aliphatic carbocycles. The van der Waals surface area contributed by atoms with Gasteiger partial charge in [-0.25, -0.2) is 13.8 Å². The first-order valence-electron chi connectivity index (χ1n) is 6.29. The van der Waals surface area contributed by atoms with E-state index in [-0.39, 0.29) is 18.2 Å². The van der Waals surface area contributed by atoms with Crippen molar-refractivity contribution >= 4 is 10.8 Å². The molecule has 0 bridgehead atoms. The van der Waals surface area contributed by atoms with Crippen LogP contribution in [0.5, 0.6) is 11.6 Å². The van der Waals surface area contributed by atoms with Crippen LogP contribution in [0.15, 0.2) is 48.5 Å². The minimum absolute atomic E-state index is 0.0141. The van der Waals surface area contributed by atoms with Crippen molar-refractivity contribution in [2.45, 2.75) is 6.61 Å². The Bertz CT molecular complexity index is 785. The first kappa shape index (κ1) is 13.5. The van der Waals surface area contributed by atoms with Gasteiger partial charge in [0.1, 0.15) is 17.4 Å². The topological polar surface area (TPSA) is 42.4 Å². The number of hydrogen-bond acceptors (Lipinski definition) is 3. The molecule has 0 saturated carbocycles. The summed E-state index contributed by atoms with van der Waals surface area (Å²) in [5.41, 5.74) is 0.417. The summed E-state index contributed by atoms with van der Waals surface area (Å²) in [7, 11) is 0. The number of pyridine rings is 1. The first-order chi connectivity index (χ1) is 10.2.